The van der Waals surface area contributed by atoms with Crippen LogP contribution in [0.3, 0.4) is 0 Å². The van der Waals surface area contributed by atoms with Gasteiger partial charge in [0.2, 0.25) is 0 Å². The Bertz CT molecular complexity index is 460. The highest BCUT2D eigenvalue weighted by atomic mass is 35.5. The molecule has 1 aliphatic rings. The Labute approximate surface area is 105 Å². The number of hydrogen-bond acceptors (Lipinski definition) is 4. The van der Waals surface area contributed by atoms with Gasteiger partial charge >= 0.3 is 0 Å². The van der Waals surface area contributed by atoms with Crippen molar-refractivity contribution in [2.45, 2.75) is 13.0 Å². The van der Waals surface area contributed by atoms with Gasteiger partial charge in [-0.05, 0) is 18.6 Å². The Balaban J connectivity index is 2.48. The number of rotatable bonds is 3. The van der Waals surface area contributed by atoms with Gasteiger partial charge in [-0.15, -0.1) is 0 Å². The summed E-state index contributed by atoms with van der Waals surface area (Å²) in [7, 11) is 1.87. The van der Waals surface area contributed by atoms with Gasteiger partial charge in [0.1, 0.15) is 5.69 Å². The van der Waals surface area contributed by atoms with Gasteiger partial charge in [0.25, 0.3) is 5.69 Å². The van der Waals surface area contributed by atoms with Gasteiger partial charge in [0, 0.05) is 31.2 Å². The Morgan fingerprint density at radius 2 is 2.18 bits per heavy atom. The fourth-order valence-corrected chi connectivity index (χ4v) is 2.14. The molecule has 92 valence electrons. The summed E-state index contributed by atoms with van der Waals surface area (Å²) in [4.78, 5) is 12.6. The first kappa shape index (κ1) is 12.1. The SMILES string of the molecule is Cc1c(Cl)ccc([N+](=O)[O-])c1N(C)C1CNC1. The van der Waals surface area contributed by atoms with Crippen molar-refractivity contribution >= 4 is 23.0 Å². The lowest BCUT2D eigenvalue weighted by Crippen LogP contribution is -2.56. The van der Waals surface area contributed by atoms with Gasteiger partial charge in [0.05, 0.1) is 11.0 Å². The number of nitrogens with zero attached hydrogens (tertiary/aromatic N) is 2. The third-order valence-electron chi connectivity index (χ3n) is 3.20. The Morgan fingerprint density at radius 1 is 1.53 bits per heavy atom. The average Bonchev–Trinajstić information content (AvgIpc) is 2.18. The van der Waals surface area contributed by atoms with Crippen molar-refractivity contribution in [2.75, 3.05) is 25.0 Å². The molecule has 6 heteroatoms. The molecule has 0 aromatic heterocycles. The normalized spacial score (nSPS) is 15.5. The molecule has 1 aromatic rings. The maximum atomic E-state index is 11.0. The van der Waals surface area contributed by atoms with Gasteiger partial charge in [-0.1, -0.05) is 11.6 Å². The molecule has 5 nitrogen and oxygen atoms in total. The van der Waals surface area contributed by atoms with E-state index in [0.29, 0.717) is 16.8 Å². The Morgan fingerprint density at radius 3 is 2.65 bits per heavy atom. The van der Waals surface area contributed by atoms with Gasteiger partial charge in [-0.3, -0.25) is 10.1 Å². The minimum Gasteiger partial charge on any atom is -0.363 e. The molecule has 0 saturated carbocycles. The number of likely N-dealkylation sites (N-methyl/N-ethyl adjacent to an activating group) is 1. The van der Waals surface area contributed by atoms with Crippen LogP contribution in [-0.4, -0.2) is 31.1 Å². The van der Waals surface area contributed by atoms with Crippen LogP contribution >= 0.6 is 11.6 Å². The second-order valence-electron chi connectivity index (χ2n) is 4.22. The fourth-order valence-electron chi connectivity index (χ4n) is 1.98. The molecular formula is C11H14ClN3O2. The maximum absolute atomic E-state index is 11.0. The molecule has 1 fully saturated rings. The molecule has 0 aliphatic carbocycles. The van der Waals surface area contributed by atoms with E-state index in [1.54, 1.807) is 6.07 Å². The smallest absolute Gasteiger partial charge is 0.292 e. The third kappa shape index (κ3) is 2.08. The molecule has 2 rings (SSSR count). The number of anilines is 1. The van der Waals surface area contributed by atoms with Crippen LogP contribution in [-0.2, 0) is 0 Å². The van der Waals surface area contributed by atoms with Gasteiger partial charge in [0.15, 0.2) is 0 Å². The zero-order valence-corrected chi connectivity index (χ0v) is 10.5. The van der Waals surface area contributed by atoms with Crippen LogP contribution in [0.1, 0.15) is 5.56 Å². The third-order valence-corrected chi connectivity index (χ3v) is 3.61. The zero-order valence-electron chi connectivity index (χ0n) is 9.74. The minimum absolute atomic E-state index is 0.112. The lowest BCUT2D eigenvalue weighted by atomic mass is 10.1. The van der Waals surface area contributed by atoms with E-state index >= 15 is 0 Å². The van der Waals surface area contributed by atoms with Crippen LogP contribution in [0.25, 0.3) is 0 Å². The summed E-state index contributed by atoms with van der Waals surface area (Å²) in [5.74, 6) is 0. The van der Waals surface area contributed by atoms with Crippen molar-refractivity contribution in [3.8, 4) is 0 Å². The summed E-state index contributed by atoms with van der Waals surface area (Å²) < 4.78 is 0. The van der Waals surface area contributed by atoms with E-state index in [4.69, 9.17) is 11.6 Å². The molecule has 17 heavy (non-hydrogen) atoms. The molecule has 0 bridgehead atoms. The topological polar surface area (TPSA) is 58.4 Å². The monoisotopic (exact) mass is 255 g/mol. The maximum Gasteiger partial charge on any atom is 0.292 e. The van der Waals surface area contributed by atoms with Crippen molar-refractivity contribution in [3.63, 3.8) is 0 Å². The van der Waals surface area contributed by atoms with E-state index in [1.807, 2.05) is 18.9 Å². The number of hydrogen-bond donors (Lipinski definition) is 1. The molecule has 1 aliphatic heterocycles. The molecule has 1 N–H and O–H groups in total. The van der Waals surface area contributed by atoms with Crippen LogP contribution in [0, 0.1) is 17.0 Å². The predicted octanol–water partition coefficient (Wildman–Crippen LogP) is 1.96. The number of nitro benzene ring substituents is 1. The molecule has 1 aromatic carbocycles. The second kappa shape index (κ2) is 4.50. The van der Waals surface area contributed by atoms with Crippen molar-refractivity contribution in [1.82, 2.24) is 5.32 Å². The van der Waals surface area contributed by atoms with Crippen molar-refractivity contribution in [3.05, 3.63) is 32.8 Å². The summed E-state index contributed by atoms with van der Waals surface area (Å²) in [5.41, 5.74) is 1.49. The number of halogens is 1. The van der Waals surface area contributed by atoms with Crippen LogP contribution < -0.4 is 10.2 Å². The standard InChI is InChI=1S/C11H14ClN3O2/c1-7-9(12)3-4-10(15(16)17)11(7)14(2)8-5-13-6-8/h3-4,8,13H,5-6H2,1-2H3. The van der Waals surface area contributed by atoms with E-state index in [9.17, 15) is 10.1 Å². The highest BCUT2D eigenvalue weighted by Crippen LogP contribution is 2.36. The molecule has 0 spiro atoms. The molecule has 1 saturated heterocycles. The van der Waals surface area contributed by atoms with E-state index < -0.39 is 0 Å². The molecular weight excluding hydrogens is 242 g/mol. The highest BCUT2D eigenvalue weighted by Gasteiger charge is 2.28. The summed E-state index contributed by atoms with van der Waals surface area (Å²) in [5, 5.41) is 14.7. The zero-order chi connectivity index (χ0) is 12.6. The largest absolute Gasteiger partial charge is 0.363 e. The number of nitrogens with one attached hydrogen (secondary N) is 1. The Hall–Kier alpha value is -1.33. The first-order valence-electron chi connectivity index (χ1n) is 5.39. The van der Waals surface area contributed by atoms with Crippen LogP contribution in [0.15, 0.2) is 12.1 Å². The minimum atomic E-state index is -0.360. The van der Waals surface area contributed by atoms with Crippen LogP contribution in [0.2, 0.25) is 5.02 Å². The predicted molar refractivity (Wildman–Crippen MR) is 67.9 cm³/mol. The highest BCUT2D eigenvalue weighted by molar-refractivity contribution is 6.31. The van der Waals surface area contributed by atoms with E-state index in [0.717, 1.165) is 18.7 Å². The molecule has 0 unspecified atom stereocenters. The quantitative estimate of drug-likeness (QED) is 0.663. The first-order valence-corrected chi connectivity index (χ1v) is 5.77. The summed E-state index contributed by atoms with van der Waals surface area (Å²) in [6.07, 6.45) is 0. The van der Waals surface area contributed by atoms with E-state index in [1.165, 1.54) is 6.07 Å². The summed E-state index contributed by atoms with van der Waals surface area (Å²) in [6.45, 7) is 3.51. The molecule has 0 amide bonds. The van der Waals surface area contributed by atoms with Crippen LogP contribution in [0.4, 0.5) is 11.4 Å². The van der Waals surface area contributed by atoms with Gasteiger partial charge < -0.3 is 10.2 Å². The average molecular weight is 256 g/mol. The summed E-state index contributed by atoms with van der Waals surface area (Å²) in [6, 6.07) is 3.34. The number of benzene rings is 1. The van der Waals surface area contributed by atoms with Gasteiger partial charge in [-0.25, -0.2) is 0 Å². The molecule has 0 radical (unpaired) electrons. The summed E-state index contributed by atoms with van der Waals surface area (Å²) >= 11 is 6.04. The first-order chi connectivity index (χ1) is 8.02. The number of nitro groups is 1. The van der Waals surface area contributed by atoms with E-state index in [-0.39, 0.29) is 10.6 Å². The van der Waals surface area contributed by atoms with Gasteiger partial charge in [-0.2, -0.15) is 0 Å². The molecule has 1 heterocycles. The Kier molecular flexibility index (Phi) is 3.22. The molecule has 0 atom stereocenters. The second-order valence-corrected chi connectivity index (χ2v) is 4.63. The van der Waals surface area contributed by atoms with Crippen LogP contribution in [0.5, 0.6) is 0 Å². The fraction of sp³-hybridized carbons (Fsp3) is 0.455. The van der Waals surface area contributed by atoms with E-state index in [2.05, 4.69) is 5.32 Å². The lowest BCUT2D eigenvalue weighted by Gasteiger charge is -2.37. The lowest BCUT2D eigenvalue weighted by molar-refractivity contribution is -0.384. The van der Waals surface area contributed by atoms with Crippen molar-refractivity contribution in [2.24, 2.45) is 0 Å². The van der Waals surface area contributed by atoms with Crippen molar-refractivity contribution in [1.29, 1.82) is 0 Å². The van der Waals surface area contributed by atoms with Crippen molar-refractivity contribution < 1.29 is 4.92 Å².